The molecule has 0 spiro atoms. The number of hydrogen-bond donors (Lipinski definition) is 1. The number of aryl methyl sites for hydroxylation is 1. The molecule has 0 radical (unpaired) electrons. The largest absolute Gasteiger partial charge is 0.574 e. The van der Waals surface area contributed by atoms with Crippen LogP contribution in [0.2, 0.25) is 0 Å². The monoisotopic (exact) mass is 405 g/mol. The van der Waals surface area contributed by atoms with E-state index in [1.54, 1.807) is 17.4 Å². The lowest BCUT2D eigenvalue weighted by atomic mass is 10.2. The number of imidazole rings is 1. The number of rotatable bonds is 5. The van der Waals surface area contributed by atoms with Crippen molar-refractivity contribution in [3.8, 4) is 17.3 Å². The molecule has 29 heavy (non-hydrogen) atoms. The van der Waals surface area contributed by atoms with Crippen molar-refractivity contribution < 1.29 is 22.7 Å². The predicted octanol–water partition coefficient (Wildman–Crippen LogP) is 3.53. The molecule has 7 nitrogen and oxygen atoms in total. The van der Waals surface area contributed by atoms with Crippen molar-refractivity contribution in [3.63, 3.8) is 0 Å². The van der Waals surface area contributed by atoms with Crippen LogP contribution in [0.4, 0.5) is 13.2 Å². The zero-order valence-corrected chi connectivity index (χ0v) is 15.7. The second kappa shape index (κ2) is 7.02. The quantitative estimate of drug-likeness (QED) is 0.702. The van der Waals surface area contributed by atoms with Crippen molar-refractivity contribution in [1.82, 2.24) is 24.7 Å². The molecule has 1 saturated carbocycles. The fourth-order valence-electron chi connectivity index (χ4n) is 3.13. The van der Waals surface area contributed by atoms with E-state index in [0.717, 1.165) is 18.9 Å². The number of aromatic nitrogens is 4. The maximum Gasteiger partial charge on any atom is 0.574 e. The molecule has 1 N–H and O–H groups in total. The summed E-state index contributed by atoms with van der Waals surface area (Å²) < 4.78 is 43.0. The topological polar surface area (TPSA) is 81.4 Å². The minimum Gasteiger partial charge on any atom is -0.388 e. The summed E-state index contributed by atoms with van der Waals surface area (Å²) >= 11 is 0. The molecule has 0 saturated heterocycles. The number of amides is 1. The van der Waals surface area contributed by atoms with Crippen molar-refractivity contribution in [2.75, 3.05) is 0 Å². The van der Waals surface area contributed by atoms with Gasteiger partial charge in [-0.25, -0.2) is 15.0 Å². The number of alkyl halides is 3. The highest BCUT2D eigenvalue weighted by atomic mass is 19.4. The molecule has 1 amide bonds. The number of ether oxygens (including phenoxy) is 1. The van der Waals surface area contributed by atoms with Crippen LogP contribution in [0.25, 0.3) is 17.0 Å². The van der Waals surface area contributed by atoms with Crippen molar-refractivity contribution in [3.05, 3.63) is 42.0 Å². The Kier molecular flexibility index (Phi) is 4.64. The fourth-order valence-corrected chi connectivity index (χ4v) is 3.13. The van der Waals surface area contributed by atoms with Crippen LogP contribution in [-0.2, 0) is 0 Å². The van der Waals surface area contributed by atoms with E-state index < -0.39 is 12.2 Å². The zero-order valence-electron chi connectivity index (χ0n) is 15.7. The third-order valence-electron chi connectivity index (χ3n) is 4.80. The van der Waals surface area contributed by atoms with Gasteiger partial charge in [0.2, 0.25) is 5.88 Å². The van der Waals surface area contributed by atoms with Crippen LogP contribution in [0.1, 0.15) is 35.9 Å². The Morgan fingerprint density at radius 2 is 2.03 bits per heavy atom. The van der Waals surface area contributed by atoms with Gasteiger partial charge in [-0.05, 0) is 44.7 Å². The van der Waals surface area contributed by atoms with Gasteiger partial charge in [-0.15, -0.1) is 13.2 Å². The predicted molar refractivity (Wildman–Crippen MR) is 97.3 cm³/mol. The van der Waals surface area contributed by atoms with Crippen LogP contribution in [0.5, 0.6) is 5.88 Å². The van der Waals surface area contributed by atoms with Crippen molar-refractivity contribution in [2.24, 2.45) is 5.92 Å². The first-order chi connectivity index (χ1) is 13.7. The van der Waals surface area contributed by atoms with E-state index in [2.05, 4.69) is 25.0 Å². The normalized spacial score (nSPS) is 15.3. The first-order valence-corrected chi connectivity index (χ1v) is 9.10. The summed E-state index contributed by atoms with van der Waals surface area (Å²) in [4.78, 5) is 25.1. The first-order valence-electron chi connectivity index (χ1n) is 9.10. The van der Waals surface area contributed by atoms with E-state index in [1.807, 2.05) is 6.92 Å². The number of hydrogen-bond acceptors (Lipinski definition) is 5. The van der Waals surface area contributed by atoms with Gasteiger partial charge in [-0.1, -0.05) is 6.07 Å². The summed E-state index contributed by atoms with van der Waals surface area (Å²) in [5.74, 6) is -0.434. The summed E-state index contributed by atoms with van der Waals surface area (Å²) in [7, 11) is 0. The van der Waals surface area contributed by atoms with Crippen LogP contribution in [0, 0.1) is 12.8 Å². The average molecular weight is 405 g/mol. The van der Waals surface area contributed by atoms with Crippen molar-refractivity contribution in [1.29, 1.82) is 0 Å². The van der Waals surface area contributed by atoms with Gasteiger partial charge in [0.15, 0.2) is 11.3 Å². The summed E-state index contributed by atoms with van der Waals surface area (Å²) in [6.07, 6.45) is -1.16. The Labute approximate surface area is 164 Å². The van der Waals surface area contributed by atoms with Crippen molar-refractivity contribution in [2.45, 2.75) is 39.1 Å². The fraction of sp³-hybridized carbons (Fsp3) is 0.368. The highest BCUT2D eigenvalue weighted by Gasteiger charge is 2.32. The Bertz CT molecular complexity index is 1080. The number of halogens is 3. The molecule has 1 fully saturated rings. The number of fused-ring (bicyclic) bond motifs is 1. The van der Waals surface area contributed by atoms with Gasteiger partial charge >= 0.3 is 6.36 Å². The third kappa shape index (κ3) is 4.15. The number of carbonyl (C=O) groups is 1. The molecule has 0 aromatic carbocycles. The van der Waals surface area contributed by atoms with Crippen molar-refractivity contribution >= 4 is 11.6 Å². The Balaban J connectivity index is 1.69. The molecule has 1 aliphatic rings. The first kappa shape index (κ1) is 19.2. The molecule has 4 rings (SSSR count). The standard InChI is InChI=1S/C19H18F3N5O2/c1-10-8-14(13-4-3-5-15(25-13)29-19(20,21)22)26-17-16(23-9-27(10)17)18(28)24-11(2)12-6-7-12/h3-5,8-9,11-12H,6-7H2,1-2H3,(H,24,28)/t11-/m1/s1. The molecule has 1 aliphatic carbocycles. The SMILES string of the molecule is Cc1cc(-c2cccc(OC(F)(F)F)n2)nc2c(C(=O)N[C@H](C)C3CC3)ncn12. The van der Waals surface area contributed by atoms with E-state index in [0.29, 0.717) is 23.0 Å². The van der Waals surface area contributed by atoms with Gasteiger partial charge in [-0.2, -0.15) is 0 Å². The third-order valence-corrected chi connectivity index (χ3v) is 4.80. The Hall–Kier alpha value is -3.17. The Morgan fingerprint density at radius 1 is 1.28 bits per heavy atom. The minimum absolute atomic E-state index is 0.0430. The zero-order chi connectivity index (χ0) is 20.8. The molecule has 152 valence electrons. The summed E-state index contributed by atoms with van der Waals surface area (Å²) in [6, 6.07) is 5.72. The van der Waals surface area contributed by atoms with Gasteiger partial charge < -0.3 is 10.1 Å². The number of nitrogens with one attached hydrogen (secondary N) is 1. The molecule has 1 atom stereocenters. The smallest absolute Gasteiger partial charge is 0.388 e. The molecule has 3 aromatic rings. The van der Waals surface area contributed by atoms with E-state index in [1.165, 1.54) is 18.5 Å². The lowest BCUT2D eigenvalue weighted by molar-refractivity contribution is -0.276. The lowest BCUT2D eigenvalue weighted by Gasteiger charge is -2.12. The second-order valence-electron chi connectivity index (χ2n) is 7.08. The molecule has 10 heteroatoms. The van der Waals surface area contributed by atoms with E-state index in [4.69, 9.17) is 0 Å². The van der Waals surface area contributed by atoms with Crippen LogP contribution in [0.3, 0.4) is 0 Å². The average Bonchev–Trinajstić information content (AvgIpc) is 3.40. The molecular formula is C19H18F3N5O2. The molecule has 3 aromatic heterocycles. The van der Waals surface area contributed by atoms with E-state index in [-0.39, 0.29) is 23.3 Å². The molecular weight excluding hydrogens is 387 g/mol. The van der Waals surface area contributed by atoms with Gasteiger partial charge in [0.25, 0.3) is 5.91 Å². The van der Waals surface area contributed by atoms with Gasteiger partial charge in [0.1, 0.15) is 6.33 Å². The number of carbonyl (C=O) groups excluding carboxylic acids is 1. The highest BCUT2D eigenvalue weighted by molar-refractivity contribution is 5.98. The van der Waals surface area contributed by atoms with Crippen LogP contribution < -0.4 is 10.1 Å². The van der Waals surface area contributed by atoms with E-state index >= 15 is 0 Å². The minimum atomic E-state index is -4.84. The second-order valence-corrected chi connectivity index (χ2v) is 7.08. The number of nitrogens with zero attached hydrogens (tertiary/aromatic N) is 4. The summed E-state index contributed by atoms with van der Waals surface area (Å²) in [5.41, 5.74) is 1.67. The molecule has 0 unspecified atom stereocenters. The summed E-state index contributed by atoms with van der Waals surface area (Å²) in [5, 5.41) is 2.93. The lowest BCUT2D eigenvalue weighted by Crippen LogP contribution is -2.34. The highest BCUT2D eigenvalue weighted by Crippen LogP contribution is 2.32. The summed E-state index contributed by atoms with van der Waals surface area (Å²) in [6.45, 7) is 3.73. The van der Waals surface area contributed by atoms with Gasteiger partial charge in [-0.3, -0.25) is 9.20 Å². The molecule has 3 heterocycles. The van der Waals surface area contributed by atoms with Crippen LogP contribution in [0.15, 0.2) is 30.6 Å². The molecule has 0 aliphatic heterocycles. The van der Waals surface area contributed by atoms with Gasteiger partial charge in [0.05, 0.1) is 11.4 Å². The number of pyridine rings is 1. The van der Waals surface area contributed by atoms with Gasteiger partial charge in [0, 0.05) is 17.8 Å². The van der Waals surface area contributed by atoms with Crippen LogP contribution >= 0.6 is 0 Å². The Morgan fingerprint density at radius 3 is 2.72 bits per heavy atom. The maximum absolute atomic E-state index is 12.6. The molecule has 0 bridgehead atoms. The van der Waals surface area contributed by atoms with Crippen LogP contribution in [-0.4, -0.2) is 37.7 Å². The van der Waals surface area contributed by atoms with E-state index in [9.17, 15) is 18.0 Å². The maximum atomic E-state index is 12.6.